The minimum atomic E-state index is -1.06. The highest BCUT2D eigenvalue weighted by Gasteiger charge is 2.12. The summed E-state index contributed by atoms with van der Waals surface area (Å²) in [7, 11) is 1.74. The highest BCUT2D eigenvalue weighted by atomic mass is 19.1. The lowest BCUT2D eigenvalue weighted by Crippen LogP contribution is -2.01. The average Bonchev–Trinajstić information content (AvgIpc) is 2.66. The molecule has 0 saturated heterocycles. The van der Waals surface area contributed by atoms with Gasteiger partial charge < -0.3 is 5.11 Å². The lowest BCUT2D eigenvalue weighted by molar-refractivity contribution is -0.130. The number of aryl methyl sites for hydroxylation is 2. The molecular formula is C14H13FN2O2. The van der Waals surface area contributed by atoms with Crippen LogP contribution in [0.25, 0.3) is 11.6 Å². The molecule has 0 bridgehead atoms. The lowest BCUT2D eigenvalue weighted by atomic mass is 10.0. The van der Waals surface area contributed by atoms with E-state index in [1.54, 1.807) is 17.8 Å². The van der Waals surface area contributed by atoms with Crippen LogP contribution in [0.15, 0.2) is 30.3 Å². The zero-order valence-corrected chi connectivity index (χ0v) is 10.6. The fourth-order valence-electron chi connectivity index (χ4n) is 1.81. The molecule has 1 aromatic carbocycles. The number of carbonyl (C=O) groups is 1. The second-order valence-corrected chi connectivity index (χ2v) is 4.20. The third-order valence-electron chi connectivity index (χ3n) is 2.72. The summed E-state index contributed by atoms with van der Waals surface area (Å²) >= 11 is 0. The van der Waals surface area contributed by atoms with Crippen LogP contribution < -0.4 is 0 Å². The van der Waals surface area contributed by atoms with Gasteiger partial charge in [0.05, 0.1) is 17.0 Å². The van der Waals surface area contributed by atoms with Crippen LogP contribution >= 0.6 is 0 Å². The van der Waals surface area contributed by atoms with Gasteiger partial charge in [0, 0.05) is 7.05 Å². The first-order chi connectivity index (χ1) is 8.97. The smallest absolute Gasteiger partial charge is 0.336 e. The Kier molecular flexibility index (Phi) is 3.46. The van der Waals surface area contributed by atoms with Gasteiger partial charge in [-0.05, 0) is 36.8 Å². The van der Waals surface area contributed by atoms with Gasteiger partial charge in [-0.1, -0.05) is 12.1 Å². The van der Waals surface area contributed by atoms with Crippen molar-refractivity contribution in [1.29, 1.82) is 0 Å². The summed E-state index contributed by atoms with van der Waals surface area (Å²) in [6.07, 6.45) is 1.52. The summed E-state index contributed by atoms with van der Waals surface area (Å²) in [4.78, 5) is 11.3. The second kappa shape index (κ2) is 5.06. The molecule has 0 unspecified atom stereocenters. The van der Waals surface area contributed by atoms with Crippen LogP contribution in [0.5, 0.6) is 0 Å². The molecule has 1 N–H and O–H groups in total. The van der Waals surface area contributed by atoms with Crippen molar-refractivity contribution in [3.05, 3.63) is 53.1 Å². The van der Waals surface area contributed by atoms with Crippen molar-refractivity contribution in [2.75, 3.05) is 0 Å². The zero-order chi connectivity index (χ0) is 14.0. The largest absolute Gasteiger partial charge is 0.478 e. The molecule has 1 aromatic heterocycles. The van der Waals surface area contributed by atoms with Crippen LogP contribution in [-0.4, -0.2) is 20.9 Å². The SMILES string of the molecule is Cc1cc(C=C(C(=O)O)c2ccc(F)cc2)n(C)n1. The van der Waals surface area contributed by atoms with E-state index in [4.69, 9.17) is 0 Å². The Morgan fingerprint density at radius 1 is 1.37 bits per heavy atom. The van der Waals surface area contributed by atoms with Crippen molar-refractivity contribution in [3.63, 3.8) is 0 Å². The third-order valence-corrected chi connectivity index (χ3v) is 2.72. The maximum Gasteiger partial charge on any atom is 0.336 e. The Hall–Kier alpha value is -2.43. The Morgan fingerprint density at radius 3 is 2.47 bits per heavy atom. The lowest BCUT2D eigenvalue weighted by Gasteiger charge is -2.03. The van der Waals surface area contributed by atoms with Crippen LogP contribution in [0.1, 0.15) is 17.0 Å². The van der Waals surface area contributed by atoms with Gasteiger partial charge in [0.25, 0.3) is 0 Å². The summed E-state index contributed by atoms with van der Waals surface area (Å²) in [5, 5.41) is 13.4. The van der Waals surface area contributed by atoms with E-state index >= 15 is 0 Å². The van der Waals surface area contributed by atoms with Gasteiger partial charge in [-0.15, -0.1) is 0 Å². The minimum Gasteiger partial charge on any atom is -0.478 e. The number of rotatable bonds is 3. The topological polar surface area (TPSA) is 55.1 Å². The molecule has 0 aliphatic heterocycles. The molecule has 0 aliphatic carbocycles. The maximum atomic E-state index is 12.9. The van der Waals surface area contributed by atoms with Gasteiger partial charge in [0.15, 0.2) is 0 Å². The predicted octanol–water partition coefficient (Wildman–Crippen LogP) is 2.49. The zero-order valence-electron chi connectivity index (χ0n) is 10.6. The number of aliphatic carboxylic acids is 1. The molecular weight excluding hydrogens is 247 g/mol. The van der Waals surface area contributed by atoms with E-state index in [1.807, 2.05) is 6.92 Å². The first-order valence-corrected chi connectivity index (χ1v) is 5.69. The van der Waals surface area contributed by atoms with Crippen molar-refractivity contribution in [1.82, 2.24) is 9.78 Å². The number of benzene rings is 1. The molecule has 4 nitrogen and oxygen atoms in total. The number of hydrogen-bond donors (Lipinski definition) is 1. The van der Waals surface area contributed by atoms with Crippen molar-refractivity contribution >= 4 is 17.6 Å². The molecule has 0 atom stereocenters. The predicted molar refractivity (Wildman–Crippen MR) is 69.9 cm³/mol. The molecule has 0 fully saturated rings. The Bertz CT molecular complexity index is 642. The standard InChI is InChI=1S/C14H13FN2O2/c1-9-7-12(17(2)16-9)8-13(14(18)19)10-3-5-11(15)6-4-10/h3-8H,1-2H3,(H,18,19). The van der Waals surface area contributed by atoms with Crippen molar-refractivity contribution in [2.45, 2.75) is 6.92 Å². The van der Waals surface area contributed by atoms with E-state index in [-0.39, 0.29) is 5.57 Å². The highest BCUT2D eigenvalue weighted by molar-refractivity contribution is 6.20. The van der Waals surface area contributed by atoms with Crippen molar-refractivity contribution in [3.8, 4) is 0 Å². The molecule has 0 spiro atoms. The molecule has 19 heavy (non-hydrogen) atoms. The van der Waals surface area contributed by atoms with E-state index in [2.05, 4.69) is 5.10 Å². The summed E-state index contributed by atoms with van der Waals surface area (Å²) in [6, 6.07) is 7.14. The van der Waals surface area contributed by atoms with Gasteiger partial charge in [0.2, 0.25) is 0 Å². The summed E-state index contributed by atoms with van der Waals surface area (Å²) < 4.78 is 14.5. The molecule has 2 aromatic rings. The number of carboxylic acid groups (broad SMARTS) is 1. The molecule has 0 radical (unpaired) electrons. The minimum absolute atomic E-state index is 0.100. The molecule has 0 aliphatic rings. The van der Waals surface area contributed by atoms with Crippen LogP contribution in [0.4, 0.5) is 4.39 Å². The summed E-state index contributed by atoms with van der Waals surface area (Å²) in [5.74, 6) is -1.46. The normalized spacial score (nSPS) is 11.6. The van der Waals surface area contributed by atoms with Gasteiger partial charge >= 0.3 is 5.97 Å². The van der Waals surface area contributed by atoms with E-state index in [0.29, 0.717) is 11.3 Å². The number of carboxylic acids is 1. The monoisotopic (exact) mass is 260 g/mol. The first-order valence-electron chi connectivity index (χ1n) is 5.69. The Balaban J connectivity index is 2.49. The Labute approximate surface area is 109 Å². The Morgan fingerprint density at radius 2 is 2.00 bits per heavy atom. The molecule has 2 rings (SSSR count). The van der Waals surface area contributed by atoms with Crippen LogP contribution in [-0.2, 0) is 11.8 Å². The number of aromatic nitrogens is 2. The van der Waals surface area contributed by atoms with E-state index in [0.717, 1.165) is 5.69 Å². The second-order valence-electron chi connectivity index (χ2n) is 4.20. The summed E-state index contributed by atoms with van der Waals surface area (Å²) in [5.41, 5.74) is 2.03. The molecule has 0 amide bonds. The number of hydrogen-bond acceptors (Lipinski definition) is 2. The number of halogens is 1. The van der Waals surface area contributed by atoms with Crippen molar-refractivity contribution < 1.29 is 14.3 Å². The van der Waals surface area contributed by atoms with Gasteiger partial charge in [-0.25, -0.2) is 9.18 Å². The quantitative estimate of drug-likeness (QED) is 0.863. The van der Waals surface area contributed by atoms with E-state index in [1.165, 1.54) is 30.3 Å². The van der Waals surface area contributed by atoms with Crippen LogP contribution in [0, 0.1) is 12.7 Å². The fraction of sp³-hybridized carbons (Fsp3) is 0.143. The van der Waals surface area contributed by atoms with Gasteiger partial charge in [-0.3, -0.25) is 4.68 Å². The average molecular weight is 260 g/mol. The molecule has 98 valence electrons. The van der Waals surface area contributed by atoms with E-state index < -0.39 is 11.8 Å². The third kappa shape index (κ3) is 2.88. The van der Waals surface area contributed by atoms with E-state index in [9.17, 15) is 14.3 Å². The highest BCUT2D eigenvalue weighted by Crippen LogP contribution is 2.19. The fourth-order valence-corrected chi connectivity index (χ4v) is 1.81. The van der Waals surface area contributed by atoms with Crippen LogP contribution in [0.2, 0.25) is 0 Å². The van der Waals surface area contributed by atoms with Gasteiger partial charge in [0.1, 0.15) is 5.82 Å². The molecule has 1 heterocycles. The molecule has 0 saturated carbocycles. The van der Waals surface area contributed by atoms with Gasteiger partial charge in [-0.2, -0.15) is 5.10 Å². The number of nitrogens with zero attached hydrogens (tertiary/aromatic N) is 2. The first kappa shape index (κ1) is 13.0. The summed E-state index contributed by atoms with van der Waals surface area (Å²) in [6.45, 7) is 1.83. The van der Waals surface area contributed by atoms with Crippen molar-refractivity contribution in [2.24, 2.45) is 7.05 Å². The maximum absolute atomic E-state index is 12.9. The molecule has 5 heteroatoms. The van der Waals surface area contributed by atoms with Crippen LogP contribution in [0.3, 0.4) is 0 Å².